The average Bonchev–Trinajstić information content (AvgIpc) is 3.50. The van der Waals surface area contributed by atoms with Crippen molar-refractivity contribution in [3.8, 4) is 0 Å². The molecule has 2 fully saturated rings. The molecule has 0 unspecified atom stereocenters. The Labute approximate surface area is 165 Å². The van der Waals surface area contributed by atoms with Crippen LogP contribution in [0.3, 0.4) is 0 Å². The van der Waals surface area contributed by atoms with Crippen molar-refractivity contribution < 1.29 is 14.4 Å². The molecule has 1 aromatic rings. The van der Waals surface area contributed by atoms with Crippen molar-refractivity contribution in [1.29, 1.82) is 0 Å². The van der Waals surface area contributed by atoms with Crippen LogP contribution >= 0.6 is 0 Å². The lowest BCUT2D eigenvalue weighted by atomic mass is 10.1. The zero-order valence-electron chi connectivity index (χ0n) is 16.4. The normalized spacial score (nSPS) is 16.4. The highest BCUT2D eigenvalue weighted by Gasteiger charge is 2.24. The lowest BCUT2D eigenvalue weighted by Crippen LogP contribution is -2.41. The molecule has 0 atom stereocenters. The van der Waals surface area contributed by atoms with Crippen LogP contribution in [0, 0.1) is 0 Å². The highest BCUT2D eigenvalue weighted by molar-refractivity contribution is 6.00. The van der Waals surface area contributed by atoms with E-state index in [1.165, 1.54) is 11.3 Å². The van der Waals surface area contributed by atoms with E-state index in [4.69, 9.17) is 5.73 Å². The minimum Gasteiger partial charge on any atom is -0.376 e. The monoisotopic (exact) mass is 387 g/mol. The second-order valence-corrected chi connectivity index (χ2v) is 7.59. The van der Waals surface area contributed by atoms with Gasteiger partial charge in [-0.3, -0.25) is 14.4 Å². The van der Waals surface area contributed by atoms with E-state index in [0.29, 0.717) is 11.3 Å². The number of hydrogen-bond acceptors (Lipinski definition) is 5. The summed E-state index contributed by atoms with van der Waals surface area (Å²) >= 11 is 0. The molecule has 0 aromatic heterocycles. The maximum absolute atomic E-state index is 12.3. The van der Waals surface area contributed by atoms with Crippen molar-refractivity contribution in [2.75, 3.05) is 43.4 Å². The molecule has 1 saturated carbocycles. The second kappa shape index (κ2) is 8.95. The topological polar surface area (TPSA) is 108 Å². The summed E-state index contributed by atoms with van der Waals surface area (Å²) in [6, 6.07) is 5.78. The number of rotatable bonds is 8. The van der Waals surface area contributed by atoms with Gasteiger partial charge in [-0.1, -0.05) is 0 Å². The zero-order chi connectivity index (χ0) is 20.1. The van der Waals surface area contributed by atoms with Gasteiger partial charge in [0.1, 0.15) is 0 Å². The standard InChI is InChI=1S/C20H29N5O3/c1-24(13-18(26)23-14-5-6-14)19(27)12-22-17-8-7-15(11-16(17)20(21)28)25-9-3-2-4-10-25/h7-8,11,14,22H,2-6,9-10,12-13H2,1H3,(H2,21,28)(H,23,26). The molecule has 3 rings (SSSR count). The van der Waals surface area contributed by atoms with Gasteiger partial charge in [-0.05, 0) is 50.3 Å². The van der Waals surface area contributed by atoms with Gasteiger partial charge < -0.3 is 26.2 Å². The Kier molecular flexibility index (Phi) is 6.38. The minimum atomic E-state index is -0.536. The van der Waals surface area contributed by atoms with Gasteiger partial charge in [0.15, 0.2) is 0 Å². The third-order valence-electron chi connectivity index (χ3n) is 5.17. The molecule has 8 heteroatoms. The van der Waals surface area contributed by atoms with Crippen molar-refractivity contribution in [3.63, 3.8) is 0 Å². The summed E-state index contributed by atoms with van der Waals surface area (Å²) in [7, 11) is 1.59. The van der Waals surface area contributed by atoms with E-state index in [-0.39, 0.29) is 30.9 Å². The highest BCUT2D eigenvalue weighted by atomic mass is 16.2. The van der Waals surface area contributed by atoms with Gasteiger partial charge in [-0.15, -0.1) is 0 Å². The Morgan fingerprint density at radius 3 is 2.54 bits per heavy atom. The van der Waals surface area contributed by atoms with E-state index >= 15 is 0 Å². The molecule has 2 aliphatic rings. The number of piperidine rings is 1. The molecule has 8 nitrogen and oxygen atoms in total. The first-order valence-electron chi connectivity index (χ1n) is 9.90. The first-order chi connectivity index (χ1) is 13.4. The first-order valence-corrected chi connectivity index (χ1v) is 9.90. The Morgan fingerprint density at radius 1 is 1.18 bits per heavy atom. The predicted molar refractivity (Wildman–Crippen MR) is 108 cm³/mol. The zero-order valence-corrected chi connectivity index (χ0v) is 16.4. The fourth-order valence-corrected chi connectivity index (χ4v) is 3.35. The third-order valence-corrected chi connectivity index (χ3v) is 5.17. The predicted octanol–water partition coefficient (Wildman–Crippen LogP) is 0.925. The van der Waals surface area contributed by atoms with E-state index in [9.17, 15) is 14.4 Å². The van der Waals surface area contributed by atoms with Crippen LogP contribution in [0.2, 0.25) is 0 Å². The largest absolute Gasteiger partial charge is 0.376 e. The van der Waals surface area contributed by atoms with Gasteiger partial charge >= 0.3 is 0 Å². The van der Waals surface area contributed by atoms with E-state index in [1.807, 2.05) is 6.07 Å². The maximum Gasteiger partial charge on any atom is 0.250 e. The van der Waals surface area contributed by atoms with E-state index in [0.717, 1.165) is 44.5 Å². The number of nitrogens with one attached hydrogen (secondary N) is 2. The molecule has 0 radical (unpaired) electrons. The molecule has 1 aromatic carbocycles. The number of likely N-dealkylation sites (N-methyl/N-ethyl adjacent to an activating group) is 1. The number of benzene rings is 1. The van der Waals surface area contributed by atoms with Gasteiger partial charge in [0.05, 0.1) is 18.7 Å². The number of nitrogens with zero attached hydrogens (tertiary/aromatic N) is 2. The molecule has 4 N–H and O–H groups in total. The molecule has 28 heavy (non-hydrogen) atoms. The Hall–Kier alpha value is -2.77. The summed E-state index contributed by atoms with van der Waals surface area (Å²) in [5.74, 6) is -0.922. The van der Waals surface area contributed by atoms with Gasteiger partial charge in [0.25, 0.3) is 5.91 Å². The van der Waals surface area contributed by atoms with Crippen molar-refractivity contribution in [2.24, 2.45) is 5.73 Å². The Morgan fingerprint density at radius 2 is 1.89 bits per heavy atom. The molecular formula is C20H29N5O3. The summed E-state index contributed by atoms with van der Waals surface area (Å²) in [6.45, 7) is 1.94. The minimum absolute atomic E-state index is 0.0173. The van der Waals surface area contributed by atoms with Crippen LogP contribution in [-0.4, -0.2) is 61.9 Å². The number of anilines is 2. The summed E-state index contributed by atoms with van der Waals surface area (Å²) < 4.78 is 0. The van der Waals surface area contributed by atoms with Crippen LogP contribution in [0.5, 0.6) is 0 Å². The quantitative estimate of drug-likeness (QED) is 0.615. The molecule has 0 spiro atoms. The number of nitrogens with two attached hydrogens (primary N) is 1. The van der Waals surface area contributed by atoms with Crippen LogP contribution < -0.4 is 21.3 Å². The Balaban J connectivity index is 1.58. The van der Waals surface area contributed by atoms with Crippen molar-refractivity contribution >= 4 is 29.1 Å². The molecular weight excluding hydrogens is 358 g/mol. The third kappa shape index (κ3) is 5.37. The Bertz CT molecular complexity index is 741. The average molecular weight is 387 g/mol. The molecule has 1 saturated heterocycles. The number of amides is 3. The van der Waals surface area contributed by atoms with E-state index in [1.54, 1.807) is 19.2 Å². The van der Waals surface area contributed by atoms with Gasteiger partial charge in [-0.2, -0.15) is 0 Å². The molecule has 1 aliphatic heterocycles. The van der Waals surface area contributed by atoms with Crippen molar-refractivity contribution in [2.45, 2.75) is 38.1 Å². The van der Waals surface area contributed by atoms with Crippen LogP contribution in [0.4, 0.5) is 11.4 Å². The van der Waals surface area contributed by atoms with Crippen LogP contribution in [0.15, 0.2) is 18.2 Å². The smallest absolute Gasteiger partial charge is 0.250 e. The summed E-state index contributed by atoms with van der Waals surface area (Å²) in [4.78, 5) is 39.7. The van der Waals surface area contributed by atoms with Crippen LogP contribution in [0.25, 0.3) is 0 Å². The van der Waals surface area contributed by atoms with Crippen molar-refractivity contribution in [3.05, 3.63) is 23.8 Å². The van der Waals surface area contributed by atoms with Gasteiger partial charge in [-0.25, -0.2) is 0 Å². The molecule has 1 heterocycles. The summed E-state index contributed by atoms with van der Waals surface area (Å²) in [5, 5.41) is 5.85. The van der Waals surface area contributed by atoms with Gasteiger partial charge in [0, 0.05) is 37.6 Å². The molecule has 1 aliphatic carbocycles. The van der Waals surface area contributed by atoms with E-state index < -0.39 is 5.91 Å². The highest BCUT2D eigenvalue weighted by Crippen LogP contribution is 2.25. The lowest BCUT2D eigenvalue weighted by Gasteiger charge is -2.29. The second-order valence-electron chi connectivity index (χ2n) is 7.59. The SMILES string of the molecule is CN(CC(=O)NC1CC1)C(=O)CNc1ccc(N2CCCCC2)cc1C(N)=O. The summed E-state index contributed by atoms with van der Waals surface area (Å²) in [5.41, 5.74) is 7.41. The maximum atomic E-state index is 12.3. The van der Waals surface area contributed by atoms with Crippen molar-refractivity contribution in [1.82, 2.24) is 10.2 Å². The fraction of sp³-hybridized carbons (Fsp3) is 0.550. The summed E-state index contributed by atoms with van der Waals surface area (Å²) in [6.07, 6.45) is 5.53. The number of hydrogen-bond donors (Lipinski definition) is 3. The molecule has 152 valence electrons. The van der Waals surface area contributed by atoms with Gasteiger partial charge in [0.2, 0.25) is 11.8 Å². The number of carbonyl (C=O) groups excluding carboxylic acids is 3. The molecule has 0 bridgehead atoms. The molecule has 3 amide bonds. The number of carbonyl (C=O) groups is 3. The van der Waals surface area contributed by atoms with Crippen LogP contribution in [0.1, 0.15) is 42.5 Å². The first kappa shape index (κ1) is 20.0. The fourth-order valence-electron chi connectivity index (χ4n) is 3.35. The number of primary amides is 1. The van der Waals surface area contributed by atoms with Crippen LogP contribution in [-0.2, 0) is 9.59 Å². The lowest BCUT2D eigenvalue weighted by molar-refractivity contribution is -0.133. The van der Waals surface area contributed by atoms with E-state index in [2.05, 4.69) is 15.5 Å².